The molecule has 1 aliphatic carbocycles. The van der Waals surface area contributed by atoms with Gasteiger partial charge in [0.1, 0.15) is 5.78 Å². The van der Waals surface area contributed by atoms with E-state index in [0.717, 1.165) is 25.9 Å². The van der Waals surface area contributed by atoms with Crippen LogP contribution in [0, 0.1) is 10.8 Å². The maximum Gasteiger partial charge on any atom is 0.141 e. The summed E-state index contributed by atoms with van der Waals surface area (Å²) < 4.78 is 5.85. The molecule has 1 aliphatic heterocycles. The Morgan fingerprint density at radius 3 is 2.71 bits per heavy atom. The molecule has 0 radical (unpaired) electrons. The van der Waals surface area contributed by atoms with Gasteiger partial charge in [0.05, 0.1) is 11.5 Å². The first-order valence-corrected chi connectivity index (χ1v) is 5.62. The maximum absolute atomic E-state index is 11.8. The Hall–Kier alpha value is -0.370. The third kappa shape index (κ3) is 1.31. The minimum atomic E-state index is -0.270. The summed E-state index contributed by atoms with van der Waals surface area (Å²) in [6.45, 7) is 7.20. The van der Waals surface area contributed by atoms with Crippen LogP contribution in [-0.4, -0.2) is 18.5 Å². The third-order valence-corrected chi connectivity index (χ3v) is 4.11. The van der Waals surface area contributed by atoms with Crippen LogP contribution >= 0.6 is 0 Å². The zero-order valence-electron chi connectivity index (χ0n) is 9.43. The Morgan fingerprint density at radius 1 is 1.29 bits per heavy atom. The van der Waals surface area contributed by atoms with Crippen LogP contribution in [0.4, 0.5) is 0 Å². The standard InChI is InChI=1S/C12H20O2/c1-11(2)9(13)5-7-12(3)6-4-8-14-10(11)12/h10H,4-8H2,1-3H3/t10-,12+/m1/s1. The van der Waals surface area contributed by atoms with E-state index in [1.165, 1.54) is 6.42 Å². The first kappa shape index (κ1) is 10.2. The molecule has 2 atom stereocenters. The van der Waals surface area contributed by atoms with Gasteiger partial charge in [0, 0.05) is 13.0 Å². The summed E-state index contributed by atoms with van der Waals surface area (Å²) in [7, 11) is 0. The van der Waals surface area contributed by atoms with E-state index in [-0.39, 0.29) is 16.9 Å². The molecule has 1 saturated carbocycles. The Morgan fingerprint density at radius 2 is 2.00 bits per heavy atom. The van der Waals surface area contributed by atoms with Crippen molar-refractivity contribution in [2.45, 2.75) is 52.6 Å². The third-order valence-electron chi connectivity index (χ3n) is 4.11. The summed E-state index contributed by atoms with van der Waals surface area (Å²) in [6, 6.07) is 0. The molecule has 0 N–H and O–H groups in total. The van der Waals surface area contributed by atoms with Crippen LogP contribution in [0.1, 0.15) is 46.5 Å². The molecule has 1 saturated heterocycles. The minimum Gasteiger partial charge on any atom is -0.377 e. The molecule has 2 heteroatoms. The van der Waals surface area contributed by atoms with Gasteiger partial charge in [-0.25, -0.2) is 0 Å². The van der Waals surface area contributed by atoms with E-state index in [1.54, 1.807) is 0 Å². The summed E-state index contributed by atoms with van der Waals surface area (Å²) in [5.74, 6) is 0.377. The highest BCUT2D eigenvalue weighted by Crippen LogP contribution is 2.50. The molecule has 0 aromatic heterocycles. The molecule has 0 bridgehead atoms. The zero-order valence-corrected chi connectivity index (χ0v) is 9.43. The molecule has 80 valence electrons. The predicted molar refractivity (Wildman–Crippen MR) is 55.1 cm³/mol. The monoisotopic (exact) mass is 196 g/mol. The first-order valence-electron chi connectivity index (χ1n) is 5.62. The lowest BCUT2D eigenvalue weighted by Gasteiger charge is -2.51. The van der Waals surface area contributed by atoms with E-state index in [2.05, 4.69) is 6.92 Å². The molecule has 1 heterocycles. The summed E-state index contributed by atoms with van der Waals surface area (Å²) in [5.41, 5.74) is -0.0247. The van der Waals surface area contributed by atoms with Crippen molar-refractivity contribution in [3.63, 3.8) is 0 Å². The van der Waals surface area contributed by atoms with Gasteiger partial charge in [-0.3, -0.25) is 4.79 Å². The minimum absolute atomic E-state index is 0.144. The number of ketones is 1. The first-order chi connectivity index (χ1) is 6.47. The topological polar surface area (TPSA) is 26.3 Å². The smallest absolute Gasteiger partial charge is 0.141 e. The summed E-state index contributed by atoms with van der Waals surface area (Å²) in [4.78, 5) is 11.8. The van der Waals surface area contributed by atoms with Crippen LogP contribution in [0.25, 0.3) is 0 Å². The number of carbonyl (C=O) groups is 1. The average molecular weight is 196 g/mol. The molecule has 2 fully saturated rings. The zero-order chi connectivity index (χ0) is 10.4. The Balaban J connectivity index is 2.30. The molecule has 2 aliphatic rings. The molecule has 0 amide bonds. The summed E-state index contributed by atoms with van der Waals surface area (Å²) >= 11 is 0. The van der Waals surface area contributed by atoms with Gasteiger partial charge in [0.15, 0.2) is 0 Å². The second-order valence-electron chi connectivity index (χ2n) is 5.65. The van der Waals surface area contributed by atoms with E-state index in [4.69, 9.17) is 4.74 Å². The largest absolute Gasteiger partial charge is 0.377 e. The van der Waals surface area contributed by atoms with Crippen molar-refractivity contribution < 1.29 is 9.53 Å². The van der Waals surface area contributed by atoms with Gasteiger partial charge >= 0.3 is 0 Å². The van der Waals surface area contributed by atoms with E-state index in [0.29, 0.717) is 5.78 Å². The highest BCUT2D eigenvalue weighted by atomic mass is 16.5. The van der Waals surface area contributed by atoms with E-state index in [1.807, 2.05) is 13.8 Å². The van der Waals surface area contributed by atoms with Crippen molar-refractivity contribution in [2.75, 3.05) is 6.61 Å². The van der Waals surface area contributed by atoms with Crippen molar-refractivity contribution in [3.05, 3.63) is 0 Å². The molecule has 0 spiro atoms. The fourth-order valence-corrected chi connectivity index (χ4v) is 3.21. The van der Waals surface area contributed by atoms with Crippen molar-refractivity contribution >= 4 is 5.78 Å². The summed E-state index contributed by atoms with van der Waals surface area (Å²) in [6.07, 6.45) is 4.26. The molecular weight excluding hydrogens is 176 g/mol. The van der Waals surface area contributed by atoms with Gasteiger partial charge in [-0.1, -0.05) is 20.8 Å². The predicted octanol–water partition coefficient (Wildman–Crippen LogP) is 2.56. The van der Waals surface area contributed by atoms with Crippen LogP contribution in [0.5, 0.6) is 0 Å². The molecule has 0 unspecified atom stereocenters. The number of ether oxygens (including phenoxy) is 1. The molecule has 2 rings (SSSR count). The van der Waals surface area contributed by atoms with E-state index < -0.39 is 0 Å². The van der Waals surface area contributed by atoms with Crippen molar-refractivity contribution in [3.8, 4) is 0 Å². The number of fused-ring (bicyclic) bond motifs is 1. The van der Waals surface area contributed by atoms with Crippen molar-refractivity contribution in [2.24, 2.45) is 10.8 Å². The van der Waals surface area contributed by atoms with Crippen LogP contribution in [0.3, 0.4) is 0 Å². The highest BCUT2D eigenvalue weighted by molar-refractivity contribution is 5.85. The second kappa shape index (κ2) is 3.06. The van der Waals surface area contributed by atoms with Crippen LogP contribution in [-0.2, 0) is 9.53 Å². The second-order valence-corrected chi connectivity index (χ2v) is 5.65. The van der Waals surface area contributed by atoms with Gasteiger partial charge < -0.3 is 4.74 Å². The van der Waals surface area contributed by atoms with Gasteiger partial charge in [-0.2, -0.15) is 0 Å². The van der Waals surface area contributed by atoms with E-state index in [9.17, 15) is 4.79 Å². The van der Waals surface area contributed by atoms with Crippen LogP contribution in [0.15, 0.2) is 0 Å². The quantitative estimate of drug-likeness (QED) is 0.595. The van der Waals surface area contributed by atoms with Gasteiger partial charge in [-0.05, 0) is 24.7 Å². The van der Waals surface area contributed by atoms with Gasteiger partial charge in [0.25, 0.3) is 0 Å². The number of rotatable bonds is 0. The number of hydrogen-bond donors (Lipinski definition) is 0. The average Bonchev–Trinajstić information content (AvgIpc) is 2.13. The Labute approximate surface area is 86.0 Å². The van der Waals surface area contributed by atoms with Crippen molar-refractivity contribution in [1.82, 2.24) is 0 Å². The van der Waals surface area contributed by atoms with Crippen LogP contribution < -0.4 is 0 Å². The Kier molecular flexibility index (Phi) is 2.22. The number of carbonyl (C=O) groups excluding carboxylic acids is 1. The lowest BCUT2D eigenvalue weighted by molar-refractivity contribution is -0.173. The summed E-state index contributed by atoms with van der Waals surface area (Å²) in [5, 5.41) is 0. The highest BCUT2D eigenvalue weighted by Gasteiger charge is 2.52. The molecule has 0 aromatic carbocycles. The van der Waals surface area contributed by atoms with Gasteiger partial charge in [0.2, 0.25) is 0 Å². The molecule has 2 nitrogen and oxygen atoms in total. The lowest BCUT2D eigenvalue weighted by Crippen LogP contribution is -2.55. The molecule has 0 aromatic rings. The van der Waals surface area contributed by atoms with Crippen LogP contribution in [0.2, 0.25) is 0 Å². The van der Waals surface area contributed by atoms with E-state index >= 15 is 0 Å². The fourth-order valence-electron chi connectivity index (χ4n) is 3.21. The fraction of sp³-hybridized carbons (Fsp3) is 0.917. The Bertz CT molecular complexity index is 257. The molecule has 14 heavy (non-hydrogen) atoms. The molecular formula is C12H20O2. The number of hydrogen-bond acceptors (Lipinski definition) is 2. The van der Waals surface area contributed by atoms with Crippen molar-refractivity contribution in [1.29, 1.82) is 0 Å². The maximum atomic E-state index is 11.8. The van der Waals surface area contributed by atoms with Gasteiger partial charge in [-0.15, -0.1) is 0 Å². The lowest BCUT2D eigenvalue weighted by atomic mass is 9.59. The normalized spacial score (nSPS) is 41.9. The SMILES string of the molecule is CC1(C)C(=O)CC[C@]2(C)CCCO[C@H]12. The number of Topliss-reactive ketones (excluding diaryl/α,β-unsaturated/α-hetero) is 1.